The summed E-state index contributed by atoms with van der Waals surface area (Å²) in [7, 11) is 2.02. The van der Waals surface area contributed by atoms with Gasteiger partial charge in [-0.2, -0.15) is 0 Å². The molecule has 2 aromatic rings. The SMILES string of the molecule is CCc1cc(CC)c(C(NC)c2ccoc2)c(CC)c1. The molecule has 1 aromatic heterocycles. The fraction of sp³-hybridized carbons (Fsp3) is 0.444. The Bertz CT molecular complexity index is 518. The van der Waals surface area contributed by atoms with E-state index in [0.29, 0.717) is 0 Å². The molecule has 1 unspecified atom stereocenters. The minimum absolute atomic E-state index is 0.213. The van der Waals surface area contributed by atoms with Crippen molar-refractivity contribution in [1.82, 2.24) is 5.32 Å². The number of hydrogen-bond acceptors (Lipinski definition) is 2. The highest BCUT2D eigenvalue weighted by molar-refractivity contribution is 5.45. The maximum atomic E-state index is 5.27. The fourth-order valence-electron chi connectivity index (χ4n) is 2.93. The van der Waals surface area contributed by atoms with Gasteiger partial charge in [-0.25, -0.2) is 0 Å². The van der Waals surface area contributed by atoms with Crippen molar-refractivity contribution in [2.45, 2.75) is 46.1 Å². The average Bonchev–Trinajstić information content (AvgIpc) is 3.01. The van der Waals surface area contributed by atoms with Crippen LogP contribution >= 0.6 is 0 Å². The van der Waals surface area contributed by atoms with E-state index in [2.05, 4.69) is 38.2 Å². The Morgan fingerprint density at radius 2 is 1.70 bits per heavy atom. The molecule has 2 rings (SSSR count). The zero-order valence-corrected chi connectivity index (χ0v) is 13.0. The Kier molecular flexibility index (Phi) is 5.02. The lowest BCUT2D eigenvalue weighted by Gasteiger charge is -2.23. The predicted molar refractivity (Wildman–Crippen MR) is 84.2 cm³/mol. The largest absolute Gasteiger partial charge is 0.472 e. The van der Waals surface area contributed by atoms with Gasteiger partial charge in [0.25, 0.3) is 0 Å². The van der Waals surface area contributed by atoms with E-state index in [1.54, 1.807) is 6.26 Å². The van der Waals surface area contributed by atoms with E-state index < -0.39 is 0 Å². The average molecular weight is 271 g/mol. The lowest BCUT2D eigenvalue weighted by atomic mass is 9.87. The van der Waals surface area contributed by atoms with Crippen LogP contribution in [0.25, 0.3) is 0 Å². The smallest absolute Gasteiger partial charge is 0.0953 e. The van der Waals surface area contributed by atoms with Crippen LogP contribution in [0.2, 0.25) is 0 Å². The van der Waals surface area contributed by atoms with Crippen molar-refractivity contribution in [3.63, 3.8) is 0 Å². The van der Waals surface area contributed by atoms with Crippen LogP contribution in [-0.4, -0.2) is 7.05 Å². The molecule has 20 heavy (non-hydrogen) atoms. The van der Waals surface area contributed by atoms with Gasteiger partial charge in [-0.3, -0.25) is 0 Å². The zero-order valence-electron chi connectivity index (χ0n) is 13.0. The summed E-state index contributed by atoms with van der Waals surface area (Å²) in [4.78, 5) is 0. The van der Waals surface area contributed by atoms with Crippen LogP contribution in [-0.2, 0) is 19.3 Å². The van der Waals surface area contributed by atoms with Crippen LogP contribution in [0.3, 0.4) is 0 Å². The summed E-state index contributed by atoms with van der Waals surface area (Å²) in [5.74, 6) is 0. The summed E-state index contributed by atoms with van der Waals surface area (Å²) in [5, 5.41) is 3.45. The highest BCUT2D eigenvalue weighted by Gasteiger charge is 2.20. The molecule has 0 radical (unpaired) electrons. The highest BCUT2D eigenvalue weighted by atomic mass is 16.3. The molecular weight excluding hydrogens is 246 g/mol. The van der Waals surface area contributed by atoms with Gasteiger partial charge in [-0.15, -0.1) is 0 Å². The number of nitrogens with one attached hydrogen (secondary N) is 1. The number of aryl methyl sites for hydroxylation is 3. The molecule has 0 saturated heterocycles. The second-order valence-electron chi connectivity index (χ2n) is 5.17. The van der Waals surface area contributed by atoms with Crippen molar-refractivity contribution in [2.24, 2.45) is 0 Å². The van der Waals surface area contributed by atoms with E-state index in [1.807, 2.05) is 19.4 Å². The van der Waals surface area contributed by atoms with Crippen molar-refractivity contribution < 1.29 is 4.42 Å². The van der Waals surface area contributed by atoms with E-state index >= 15 is 0 Å². The molecule has 0 aliphatic heterocycles. The molecule has 0 aliphatic carbocycles. The van der Waals surface area contributed by atoms with E-state index in [0.717, 1.165) is 19.3 Å². The summed E-state index contributed by atoms with van der Waals surface area (Å²) < 4.78 is 5.27. The molecule has 0 saturated carbocycles. The molecule has 108 valence electrons. The molecule has 0 spiro atoms. The van der Waals surface area contributed by atoms with Crippen LogP contribution < -0.4 is 5.32 Å². The first kappa shape index (κ1) is 14.9. The lowest BCUT2D eigenvalue weighted by molar-refractivity contribution is 0.556. The normalized spacial score (nSPS) is 12.6. The van der Waals surface area contributed by atoms with Gasteiger partial charge in [0.1, 0.15) is 0 Å². The first-order chi connectivity index (χ1) is 9.74. The van der Waals surface area contributed by atoms with Crippen LogP contribution in [0, 0.1) is 0 Å². The number of hydrogen-bond donors (Lipinski definition) is 1. The van der Waals surface area contributed by atoms with E-state index in [4.69, 9.17) is 4.42 Å². The van der Waals surface area contributed by atoms with Gasteiger partial charge in [0.05, 0.1) is 18.6 Å². The topological polar surface area (TPSA) is 25.2 Å². The Balaban J connectivity index is 2.58. The first-order valence-electron chi connectivity index (χ1n) is 7.58. The van der Waals surface area contributed by atoms with Gasteiger partial charge >= 0.3 is 0 Å². The first-order valence-corrected chi connectivity index (χ1v) is 7.58. The lowest BCUT2D eigenvalue weighted by Crippen LogP contribution is -2.20. The van der Waals surface area contributed by atoms with Crippen molar-refractivity contribution in [3.05, 3.63) is 58.5 Å². The third kappa shape index (κ3) is 2.80. The highest BCUT2D eigenvalue weighted by Crippen LogP contribution is 2.30. The van der Waals surface area contributed by atoms with Crippen molar-refractivity contribution >= 4 is 0 Å². The Morgan fingerprint density at radius 1 is 1.05 bits per heavy atom. The van der Waals surface area contributed by atoms with Crippen molar-refractivity contribution in [1.29, 1.82) is 0 Å². The second-order valence-corrected chi connectivity index (χ2v) is 5.17. The molecule has 1 aromatic carbocycles. The quantitative estimate of drug-likeness (QED) is 0.848. The third-order valence-corrected chi connectivity index (χ3v) is 4.04. The molecule has 1 heterocycles. The summed E-state index contributed by atoms with van der Waals surface area (Å²) in [6.45, 7) is 6.69. The molecule has 0 bridgehead atoms. The summed E-state index contributed by atoms with van der Waals surface area (Å²) in [6.07, 6.45) is 6.81. The number of rotatable bonds is 6. The van der Waals surface area contributed by atoms with Gasteiger partial charge in [0.15, 0.2) is 0 Å². The standard InChI is InChI=1S/C18H25NO/c1-5-13-10-14(6-2)17(15(7-3)11-13)18(19-4)16-8-9-20-12-16/h8-12,18-19H,5-7H2,1-4H3. The monoisotopic (exact) mass is 271 g/mol. The molecule has 1 atom stereocenters. The molecular formula is C18H25NO. The van der Waals surface area contributed by atoms with Crippen molar-refractivity contribution in [2.75, 3.05) is 7.05 Å². The van der Waals surface area contributed by atoms with Gasteiger partial charge < -0.3 is 9.73 Å². The van der Waals surface area contributed by atoms with E-state index in [9.17, 15) is 0 Å². The minimum atomic E-state index is 0.213. The van der Waals surface area contributed by atoms with Crippen LogP contribution in [0.5, 0.6) is 0 Å². The van der Waals surface area contributed by atoms with Crippen molar-refractivity contribution in [3.8, 4) is 0 Å². The molecule has 0 fully saturated rings. The van der Waals surface area contributed by atoms with Crippen LogP contribution in [0.4, 0.5) is 0 Å². The maximum Gasteiger partial charge on any atom is 0.0953 e. The summed E-state index contributed by atoms with van der Waals surface area (Å²) >= 11 is 0. The Labute approximate surface area is 122 Å². The Morgan fingerprint density at radius 3 is 2.10 bits per heavy atom. The molecule has 0 aliphatic rings. The second kappa shape index (κ2) is 6.76. The number of furan rings is 1. The molecule has 0 amide bonds. The van der Waals surface area contributed by atoms with Gasteiger partial charge in [0.2, 0.25) is 0 Å². The fourth-order valence-corrected chi connectivity index (χ4v) is 2.93. The summed E-state index contributed by atoms with van der Waals surface area (Å²) in [5.41, 5.74) is 6.95. The van der Waals surface area contributed by atoms with Gasteiger partial charge in [-0.1, -0.05) is 32.9 Å². The number of benzene rings is 1. The van der Waals surface area contributed by atoms with Crippen LogP contribution in [0.1, 0.15) is 54.6 Å². The zero-order chi connectivity index (χ0) is 14.5. The predicted octanol–water partition coefficient (Wildman–Crippen LogP) is 4.28. The van der Waals surface area contributed by atoms with Crippen LogP contribution in [0.15, 0.2) is 35.1 Å². The van der Waals surface area contributed by atoms with Gasteiger partial charge in [0, 0.05) is 5.56 Å². The minimum Gasteiger partial charge on any atom is -0.472 e. The molecule has 1 N–H and O–H groups in total. The maximum absolute atomic E-state index is 5.27. The molecule has 2 nitrogen and oxygen atoms in total. The molecule has 2 heteroatoms. The van der Waals surface area contributed by atoms with E-state index in [-0.39, 0.29) is 6.04 Å². The van der Waals surface area contributed by atoms with E-state index in [1.165, 1.54) is 27.8 Å². The summed E-state index contributed by atoms with van der Waals surface area (Å²) in [6, 6.07) is 6.98. The Hall–Kier alpha value is -1.54. The third-order valence-electron chi connectivity index (χ3n) is 4.04. The van der Waals surface area contributed by atoms with Gasteiger partial charge in [-0.05, 0) is 54.6 Å².